The van der Waals surface area contributed by atoms with E-state index in [0.717, 1.165) is 70.3 Å². The maximum absolute atomic E-state index is 4.69. The van der Waals surface area contributed by atoms with Crippen LogP contribution in [0.5, 0.6) is 0 Å². The molecule has 0 unspecified atom stereocenters. The van der Waals surface area contributed by atoms with E-state index in [-0.39, 0.29) is 0 Å². The lowest BCUT2D eigenvalue weighted by molar-refractivity contribution is 0.270. The molecular weight excluding hydrogens is 358 g/mol. The predicted molar refractivity (Wildman–Crippen MR) is 120 cm³/mol. The van der Waals surface area contributed by atoms with Gasteiger partial charge in [0.15, 0.2) is 0 Å². The topological polar surface area (TPSA) is 52.2 Å². The summed E-state index contributed by atoms with van der Waals surface area (Å²) in [6.45, 7) is 8.69. The third kappa shape index (κ3) is 5.84. The van der Waals surface area contributed by atoms with Crippen molar-refractivity contribution < 1.29 is 0 Å². The summed E-state index contributed by atoms with van der Waals surface area (Å²) in [7, 11) is 0. The Morgan fingerprint density at radius 2 is 1.52 bits per heavy atom. The van der Waals surface area contributed by atoms with Gasteiger partial charge in [-0.25, -0.2) is 0 Å². The second-order valence-electron chi connectivity index (χ2n) is 7.63. The van der Waals surface area contributed by atoms with Gasteiger partial charge in [0.25, 0.3) is 0 Å². The average Bonchev–Trinajstić information content (AvgIpc) is 2.76. The highest BCUT2D eigenvalue weighted by atomic mass is 15.2. The van der Waals surface area contributed by atoms with E-state index in [0.29, 0.717) is 0 Å². The largest absolute Gasteiger partial charge is 0.311 e. The van der Waals surface area contributed by atoms with Crippen LogP contribution < -0.4 is 16.0 Å². The SMILES string of the molecule is c1cc2nc(c1)CNCCN(CCNCc1cccc3ccccc13)CCNC2. The molecule has 0 atom stereocenters. The van der Waals surface area contributed by atoms with Crippen molar-refractivity contribution in [2.45, 2.75) is 19.6 Å². The van der Waals surface area contributed by atoms with Crippen molar-refractivity contribution in [3.63, 3.8) is 0 Å². The van der Waals surface area contributed by atoms with Crippen LogP contribution in [0.3, 0.4) is 0 Å². The van der Waals surface area contributed by atoms with E-state index in [1.54, 1.807) is 0 Å². The van der Waals surface area contributed by atoms with Crippen LogP contribution in [-0.4, -0.2) is 49.2 Å². The zero-order valence-corrected chi connectivity index (χ0v) is 17.0. The summed E-state index contributed by atoms with van der Waals surface area (Å²) in [5.74, 6) is 0. The van der Waals surface area contributed by atoms with E-state index in [9.17, 15) is 0 Å². The van der Waals surface area contributed by atoms with Crippen LogP contribution in [0, 0.1) is 0 Å². The van der Waals surface area contributed by atoms with Crippen LogP contribution >= 0.6 is 0 Å². The van der Waals surface area contributed by atoms with E-state index in [1.807, 2.05) is 0 Å². The van der Waals surface area contributed by atoms with Crippen LogP contribution in [0.2, 0.25) is 0 Å². The van der Waals surface area contributed by atoms with Gasteiger partial charge in [-0.1, -0.05) is 48.5 Å². The lowest BCUT2D eigenvalue weighted by Gasteiger charge is -2.23. The van der Waals surface area contributed by atoms with E-state index in [2.05, 4.69) is 86.5 Å². The van der Waals surface area contributed by atoms with Gasteiger partial charge in [0, 0.05) is 58.9 Å². The van der Waals surface area contributed by atoms with Gasteiger partial charge < -0.3 is 16.0 Å². The maximum Gasteiger partial charge on any atom is 0.0545 e. The Bertz CT molecular complexity index is 878. The Hall–Kier alpha value is -2.31. The van der Waals surface area contributed by atoms with E-state index >= 15 is 0 Å². The van der Waals surface area contributed by atoms with Crippen molar-refractivity contribution in [1.82, 2.24) is 25.8 Å². The number of aromatic nitrogens is 1. The third-order valence-electron chi connectivity index (χ3n) is 5.49. The van der Waals surface area contributed by atoms with Crippen LogP contribution in [0.4, 0.5) is 0 Å². The Morgan fingerprint density at radius 1 is 0.828 bits per heavy atom. The highest BCUT2D eigenvalue weighted by Crippen LogP contribution is 2.18. The first-order valence-electron chi connectivity index (χ1n) is 10.6. The van der Waals surface area contributed by atoms with Gasteiger partial charge in [0.2, 0.25) is 0 Å². The van der Waals surface area contributed by atoms with Crippen LogP contribution in [0.1, 0.15) is 17.0 Å². The lowest BCUT2D eigenvalue weighted by Crippen LogP contribution is -2.40. The molecule has 4 rings (SSSR count). The van der Waals surface area contributed by atoms with Crippen molar-refractivity contribution in [2.75, 3.05) is 39.3 Å². The summed E-state index contributed by atoms with van der Waals surface area (Å²) in [5.41, 5.74) is 3.61. The minimum atomic E-state index is 0.834. The summed E-state index contributed by atoms with van der Waals surface area (Å²) in [6.07, 6.45) is 0. The Balaban J connectivity index is 1.25. The Kier molecular flexibility index (Phi) is 7.21. The van der Waals surface area contributed by atoms with Gasteiger partial charge in [0.05, 0.1) is 11.4 Å². The molecule has 0 aliphatic carbocycles. The fourth-order valence-corrected chi connectivity index (χ4v) is 3.88. The van der Waals surface area contributed by atoms with E-state index < -0.39 is 0 Å². The van der Waals surface area contributed by atoms with Crippen LogP contribution in [-0.2, 0) is 19.6 Å². The second kappa shape index (κ2) is 10.5. The standard InChI is InChI=1S/C24H31N5/c1-2-10-24-20(5-1)6-3-7-21(24)17-25-11-14-29-15-12-26-18-22-8-4-9-23(28-22)19-27-13-16-29/h1-10,25-27H,11-19H2. The van der Waals surface area contributed by atoms with Gasteiger partial charge in [-0.15, -0.1) is 0 Å². The zero-order valence-electron chi connectivity index (χ0n) is 17.0. The lowest BCUT2D eigenvalue weighted by atomic mass is 10.0. The number of nitrogens with one attached hydrogen (secondary N) is 3. The van der Waals surface area contributed by atoms with Crippen molar-refractivity contribution in [2.24, 2.45) is 0 Å². The molecule has 5 heteroatoms. The minimum Gasteiger partial charge on any atom is -0.311 e. The van der Waals surface area contributed by atoms with Gasteiger partial charge >= 0.3 is 0 Å². The number of benzene rings is 2. The highest BCUT2D eigenvalue weighted by Gasteiger charge is 2.07. The Morgan fingerprint density at radius 3 is 2.31 bits per heavy atom. The smallest absolute Gasteiger partial charge is 0.0545 e. The molecule has 0 spiro atoms. The molecule has 0 fully saturated rings. The number of pyridine rings is 1. The van der Waals surface area contributed by atoms with E-state index in [4.69, 9.17) is 0 Å². The van der Waals surface area contributed by atoms with Gasteiger partial charge in [0.1, 0.15) is 0 Å². The van der Waals surface area contributed by atoms with Crippen molar-refractivity contribution in [3.05, 3.63) is 77.6 Å². The highest BCUT2D eigenvalue weighted by molar-refractivity contribution is 5.85. The molecule has 29 heavy (non-hydrogen) atoms. The molecular formula is C24H31N5. The summed E-state index contributed by atoms with van der Waals surface area (Å²) in [6, 6.07) is 21.5. The maximum atomic E-state index is 4.69. The summed E-state index contributed by atoms with van der Waals surface area (Å²) < 4.78 is 0. The molecule has 1 aliphatic heterocycles. The van der Waals surface area contributed by atoms with Crippen LogP contribution in [0.25, 0.3) is 10.8 Å². The first-order chi connectivity index (χ1) is 14.4. The molecule has 152 valence electrons. The molecule has 1 aromatic heterocycles. The van der Waals surface area contributed by atoms with Crippen molar-refractivity contribution in [1.29, 1.82) is 0 Å². The zero-order chi connectivity index (χ0) is 19.7. The summed E-state index contributed by atoms with van der Waals surface area (Å²) >= 11 is 0. The summed E-state index contributed by atoms with van der Waals surface area (Å²) in [4.78, 5) is 7.21. The number of rotatable bonds is 5. The molecule has 1 aliphatic rings. The molecule has 2 bridgehead atoms. The van der Waals surface area contributed by atoms with Gasteiger partial charge in [-0.05, 0) is 28.5 Å². The van der Waals surface area contributed by atoms with E-state index in [1.165, 1.54) is 16.3 Å². The average molecular weight is 390 g/mol. The van der Waals surface area contributed by atoms with Crippen molar-refractivity contribution in [3.8, 4) is 0 Å². The number of hydrogen-bond acceptors (Lipinski definition) is 5. The number of nitrogens with zero attached hydrogens (tertiary/aromatic N) is 2. The number of hydrogen-bond donors (Lipinski definition) is 3. The quantitative estimate of drug-likeness (QED) is 0.586. The van der Waals surface area contributed by atoms with Gasteiger partial charge in [-0.2, -0.15) is 0 Å². The van der Waals surface area contributed by atoms with Crippen molar-refractivity contribution >= 4 is 10.8 Å². The third-order valence-corrected chi connectivity index (χ3v) is 5.49. The summed E-state index contributed by atoms with van der Waals surface area (Å²) in [5, 5.41) is 13.4. The fourth-order valence-electron chi connectivity index (χ4n) is 3.88. The molecule has 3 aromatic rings. The minimum absolute atomic E-state index is 0.834. The molecule has 0 saturated heterocycles. The van der Waals surface area contributed by atoms with Gasteiger partial charge in [-0.3, -0.25) is 9.88 Å². The molecule has 0 saturated carbocycles. The second-order valence-corrected chi connectivity index (χ2v) is 7.63. The number of fused-ring (bicyclic) bond motifs is 3. The molecule has 2 aromatic carbocycles. The fraction of sp³-hybridized carbons (Fsp3) is 0.375. The first kappa shape index (κ1) is 20.0. The molecule has 0 amide bonds. The normalized spacial score (nSPS) is 16.3. The first-order valence-corrected chi connectivity index (χ1v) is 10.6. The monoisotopic (exact) mass is 389 g/mol. The molecule has 3 N–H and O–H groups in total. The molecule has 5 nitrogen and oxygen atoms in total. The predicted octanol–water partition coefficient (Wildman–Crippen LogP) is 2.52. The Labute approximate surface area is 173 Å². The molecule has 0 radical (unpaired) electrons. The molecule has 2 heterocycles. The van der Waals surface area contributed by atoms with Crippen LogP contribution in [0.15, 0.2) is 60.7 Å².